The van der Waals surface area contributed by atoms with Gasteiger partial charge in [-0.25, -0.2) is 13.4 Å². The predicted molar refractivity (Wildman–Crippen MR) is 101 cm³/mol. The van der Waals surface area contributed by atoms with Crippen LogP contribution in [0.2, 0.25) is 0 Å². The first-order valence-electron chi connectivity index (χ1n) is 8.54. The highest BCUT2D eigenvalue weighted by Crippen LogP contribution is 2.24. The topological polar surface area (TPSA) is 82.6 Å². The zero-order valence-electron chi connectivity index (χ0n) is 15.1. The molecule has 7 nitrogen and oxygen atoms in total. The lowest BCUT2D eigenvalue weighted by molar-refractivity contribution is -0.114. The Kier molecular flexibility index (Phi) is 5.43. The summed E-state index contributed by atoms with van der Waals surface area (Å²) in [4.78, 5) is 17.0. The second-order valence-corrected chi connectivity index (χ2v) is 8.37. The van der Waals surface area contributed by atoms with Gasteiger partial charge in [0.05, 0.1) is 4.90 Å². The van der Waals surface area contributed by atoms with Crippen LogP contribution in [0, 0.1) is 5.95 Å². The SMILES string of the molecule is CC(=O)Nc1ccc(S(=O)(=O)N2CCN(c3cccc(F)n3)C(C)C2)cc1. The van der Waals surface area contributed by atoms with E-state index in [1.807, 2.05) is 11.8 Å². The summed E-state index contributed by atoms with van der Waals surface area (Å²) in [6.45, 7) is 4.24. The lowest BCUT2D eigenvalue weighted by Gasteiger charge is -2.39. The van der Waals surface area contributed by atoms with Crippen molar-refractivity contribution in [2.75, 3.05) is 29.9 Å². The van der Waals surface area contributed by atoms with Crippen LogP contribution >= 0.6 is 0 Å². The number of carbonyl (C=O) groups excluding carboxylic acids is 1. The number of halogens is 1. The van der Waals surface area contributed by atoms with Crippen molar-refractivity contribution in [2.24, 2.45) is 0 Å². The smallest absolute Gasteiger partial charge is 0.243 e. The molecule has 9 heteroatoms. The van der Waals surface area contributed by atoms with Crippen LogP contribution in [0.25, 0.3) is 0 Å². The van der Waals surface area contributed by atoms with Gasteiger partial charge in [0, 0.05) is 38.3 Å². The highest BCUT2D eigenvalue weighted by molar-refractivity contribution is 7.89. The molecule has 1 fully saturated rings. The summed E-state index contributed by atoms with van der Waals surface area (Å²) in [7, 11) is -3.65. The minimum atomic E-state index is -3.65. The molecule has 0 radical (unpaired) electrons. The van der Waals surface area contributed by atoms with Crippen molar-refractivity contribution >= 4 is 27.4 Å². The third kappa shape index (κ3) is 4.25. The first kappa shape index (κ1) is 19.2. The van der Waals surface area contributed by atoms with Gasteiger partial charge in [-0.05, 0) is 43.3 Å². The van der Waals surface area contributed by atoms with E-state index >= 15 is 0 Å². The fourth-order valence-corrected chi connectivity index (χ4v) is 4.62. The van der Waals surface area contributed by atoms with Crippen molar-refractivity contribution in [1.82, 2.24) is 9.29 Å². The number of hydrogen-bond acceptors (Lipinski definition) is 5. The number of sulfonamides is 1. The number of amides is 1. The Morgan fingerprint density at radius 1 is 1.19 bits per heavy atom. The van der Waals surface area contributed by atoms with Gasteiger partial charge in [0.25, 0.3) is 0 Å². The van der Waals surface area contributed by atoms with Crippen molar-refractivity contribution in [3.63, 3.8) is 0 Å². The van der Waals surface area contributed by atoms with Gasteiger partial charge in [0.1, 0.15) is 5.82 Å². The van der Waals surface area contributed by atoms with E-state index in [1.165, 1.54) is 29.4 Å². The van der Waals surface area contributed by atoms with Crippen LogP contribution < -0.4 is 10.2 Å². The van der Waals surface area contributed by atoms with Gasteiger partial charge < -0.3 is 10.2 Å². The van der Waals surface area contributed by atoms with E-state index in [1.54, 1.807) is 24.3 Å². The van der Waals surface area contributed by atoms with E-state index in [2.05, 4.69) is 10.3 Å². The molecule has 1 aliphatic heterocycles. The third-order valence-corrected chi connectivity index (χ3v) is 6.28. The van der Waals surface area contributed by atoms with Gasteiger partial charge in [-0.3, -0.25) is 4.79 Å². The molecule has 1 unspecified atom stereocenters. The van der Waals surface area contributed by atoms with Crippen LogP contribution in [0.1, 0.15) is 13.8 Å². The fraction of sp³-hybridized carbons (Fsp3) is 0.333. The number of nitrogens with one attached hydrogen (secondary N) is 1. The average molecular weight is 392 g/mol. The number of piperazine rings is 1. The van der Waals surface area contributed by atoms with Crippen LogP contribution in [-0.4, -0.2) is 49.3 Å². The molecule has 27 heavy (non-hydrogen) atoms. The maximum Gasteiger partial charge on any atom is 0.243 e. The zero-order valence-corrected chi connectivity index (χ0v) is 15.9. The Bertz CT molecular complexity index is 934. The molecule has 1 aromatic heterocycles. The van der Waals surface area contributed by atoms with Gasteiger partial charge in [-0.15, -0.1) is 0 Å². The van der Waals surface area contributed by atoms with Crippen molar-refractivity contribution < 1.29 is 17.6 Å². The van der Waals surface area contributed by atoms with Crippen LogP contribution in [0.3, 0.4) is 0 Å². The summed E-state index contributed by atoms with van der Waals surface area (Å²) < 4.78 is 40.6. The van der Waals surface area contributed by atoms with Crippen LogP contribution in [0.15, 0.2) is 47.4 Å². The molecule has 1 atom stereocenters. The Morgan fingerprint density at radius 3 is 2.48 bits per heavy atom. The second-order valence-electron chi connectivity index (χ2n) is 6.43. The van der Waals surface area contributed by atoms with Gasteiger partial charge >= 0.3 is 0 Å². The first-order valence-corrected chi connectivity index (χ1v) is 9.98. The highest BCUT2D eigenvalue weighted by atomic mass is 32.2. The molecule has 0 bridgehead atoms. The zero-order chi connectivity index (χ0) is 19.6. The second kappa shape index (κ2) is 7.61. The number of nitrogens with zero attached hydrogens (tertiary/aromatic N) is 3. The van der Waals surface area contributed by atoms with Crippen molar-refractivity contribution in [3.05, 3.63) is 48.4 Å². The number of carbonyl (C=O) groups is 1. The van der Waals surface area contributed by atoms with Crippen molar-refractivity contribution in [3.8, 4) is 0 Å². The van der Waals surface area contributed by atoms with E-state index in [9.17, 15) is 17.6 Å². The minimum Gasteiger partial charge on any atom is -0.351 e. The van der Waals surface area contributed by atoms with Crippen molar-refractivity contribution in [1.29, 1.82) is 0 Å². The molecule has 1 aromatic carbocycles. The van der Waals surface area contributed by atoms with E-state index in [-0.39, 0.29) is 29.9 Å². The average Bonchev–Trinajstić information content (AvgIpc) is 2.61. The van der Waals surface area contributed by atoms with Gasteiger partial charge in [0.15, 0.2) is 0 Å². The summed E-state index contributed by atoms with van der Waals surface area (Å²) in [6, 6.07) is 10.5. The molecule has 2 aromatic rings. The molecule has 0 spiro atoms. The molecule has 0 saturated carbocycles. The molecule has 1 aliphatic rings. The molecular weight excluding hydrogens is 371 g/mol. The summed E-state index contributed by atoms with van der Waals surface area (Å²) in [6.07, 6.45) is 0. The minimum absolute atomic E-state index is 0.151. The maximum absolute atomic E-state index is 13.4. The molecule has 2 heterocycles. The first-order chi connectivity index (χ1) is 12.8. The fourth-order valence-electron chi connectivity index (χ4n) is 3.10. The number of pyridine rings is 1. The van der Waals surface area contributed by atoms with Crippen LogP contribution in [0.5, 0.6) is 0 Å². The molecule has 144 valence electrons. The normalized spacial score (nSPS) is 18.3. The largest absolute Gasteiger partial charge is 0.351 e. The van der Waals surface area contributed by atoms with Gasteiger partial charge in [-0.2, -0.15) is 8.70 Å². The summed E-state index contributed by atoms with van der Waals surface area (Å²) in [5.74, 6) is -0.283. The van der Waals surface area contributed by atoms with Crippen LogP contribution in [0.4, 0.5) is 15.9 Å². The summed E-state index contributed by atoms with van der Waals surface area (Å²) in [5, 5.41) is 2.61. The highest BCUT2D eigenvalue weighted by Gasteiger charge is 2.32. The predicted octanol–water partition coefficient (Wildman–Crippen LogP) is 2.08. The number of hydrogen-bond donors (Lipinski definition) is 1. The number of rotatable bonds is 4. The van der Waals surface area contributed by atoms with Gasteiger partial charge in [-0.1, -0.05) is 6.07 Å². The molecule has 0 aliphatic carbocycles. The maximum atomic E-state index is 13.4. The summed E-state index contributed by atoms with van der Waals surface area (Å²) in [5.41, 5.74) is 0.539. The molecule has 1 amide bonds. The van der Waals surface area contributed by atoms with E-state index < -0.39 is 16.0 Å². The Labute approximate surface area is 157 Å². The van der Waals surface area contributed by atoms with Crippen molar-refractivity contribution in [2.45, 2.75) is 24.8 Å². The Hall–Kier alpha value is -2.52. The quantitative estimate of drug-likeness (QED) is 0.806. The summed E-state index contributed by atoms with van der Waals surface area (Å²) >= 11 is 0. The Balaban J connectivity index is 1.74. The molecular formula is C18H21FN4O3S. The molecule has 1 saturated heterocycles. The van der Waals surface area contributed by atoms with E-state index in [4.69, 9.17) is 0 Å². The third-order valence-electron chi connectivity index (χ3n) is 4.40. The monoisotopic (exact) mass is 392 g/mol. The van der Waals surface area contributed by atoms with E-state index in [0.717, 1.165) is 0 Å². The molecule has 1 N–H and O–H groups in total. The lowest BCUT2D eigenvalue weighted by atomic mass is 10.2. The standard InChI is InChI=1S/C18H21FN4O3S/c1-13-12-22(10-11-23(13)18-5-3-4-17(19)21-18)27(25,26)16-8-6-15(7-9-16)20-14(2)24/h3-9,13H,10-12H2,1-2H3,(H,20,24). The number of benzene rings is 1. The van der Waals surface area contributed by atoms with E-state index in [0.29, 0.717) is 18.1 Å². The Morgan fingerprint density at radius 2 is 1.89 bits per heavy atom. The lowest BCUT2D eigenvalue weighted by Crippen LogP contribution is -2.53. The number of anilines is 2. The number of aromatic nitrogens is 1. The molecule has 3 rings (SSSR count). The van der Waals surface area contributed by atoms with Crippen LogP contribution in [-0.2, 0) is 14.8 Å². The van der Waals surface area contributed by atoms with Gasteiger partial charge in [0.2, 0.25) is 21.9 Å².